The zero-order valence-electron chi connectivity index (χ0n) is 36.3. The molecule has 69 heavy (non-hydrogen) atoms. The molecule has 16 N–H and O–H groups in total. The summed E-state index contributed by atoms with van der Waals surface area (Å²) in [7, 11) is -10.7. The molecule has 1 unspecified atom stereocenters. The van der Waals surface area contributed by atoms with Crippen LogP contribution in [0.15, 0.2) is 0 Å². The van der Waals surface area contributed by atoms with E-state index in [1.54, 1.807) is 0 Å². The van der Waals surface area contributed by atoms with Gasteiger partial charge in [0, 0.05) is 13.8 Å². The van der Waals surface area contributed by atoms with Crippen LogP contribution in [0.25, 0.3) is 0 Å². The zero-order valence-corrected chi connectivity index (χ0v) is 37.9. The minimum Gasteiger partial charge on any atom is -0.394 e. The Labute approximate surface area is 391 Å². The van der Waals surface area contributed by atoms with Gasteiger partial charge in [0.05, 0.1) is 32.5 Å². The van der Waals surface area contributed by atoms with E-state index in [2.05, 4.69) is 19.0 Å². The molecule has 0 aromatic carbocycles. The Bertz CT molecular complexity index is 1920. The summed E-state index contributed by atoms with van der Waals surface area (Å²) in [6.07, 6.45) is -46.3. The Kier molecular flexibility index (Phi) is 19.9. The molecule has 5 heterocycles. The Hall–Kier alpha value is -2.16. The Morgan fingerprint density at radius 1 is 0.464 bits per heavy atom. The highest BCUT2D eigenvalue weighted by Crippen LogP contribution is 2.36. The SMILES string of the molecule is CC(=O)N[C@H]1[C@H](O[C@H]2[C@@H](O)[C@@H](CO)O[C@@H](O[C@H]3[C@H](O[C@@H]4O[C@@H](C)[C@@H](O)[C@@H](O)[C@@H]4O)[C@@H](NC(C)=O)C(O)O[C@@H]3COS(=O)(=O)O)[C@@H]2O)O[C@H](COS(=O)(=O)O)[C@@H](O[C@@H]2O[C@H](CO)[C@H](O)[C@H](O)[C@H]2O)[C@@H]1O. The fraction of sp³-hybridized carbons (Fsp3) is 0.941. The summed E-state index contributed by atoms with van der Waals surface area (Å²) >= 11 is 0. The summed E-state index contributed by atoms with van der Waals surface area (Å²) in [6, 6.07) is -3.75. The van der Waals surface area contributed by atoms with E-state index in [0.29, 0.717) is 0 Å². The number of hydrogen-bond acceptors (Lipinski definition) is 29. The maximum Gasteiger partial charge on any atom is 0.397 e. The van der Waals surface area contributed by atoms with Crippen LogP contribution in [0.4, 0.5) is 0 Å². The summed E-state index contributed by atoms with van der Waals surface area (Å²) < 4.78 is 126. The molecule has 0 radical (unpaired) electrons. The van der Waals surface area contributed by atoms with Crippen molar-refractivity contribution in [3.8, 4) is 0 Å². The van der Waals surface area contributed by atoms with Gasteiger partial charge in [0.15, 0.2) is 31.5 Å². The van der Waals surface area contributed by atoms with E-state index in [-0.39, 0.29) is 0 Å². The molecule has 5 saturated heterocycles. The standard InChI is InChI=1S/C34H58N2O31S2/c1-8-17(41)21(45)23(47)32(59-8)66-28-16(36-10(3)40)30(50)60-14(7-58-69(54,55)56)27(28)65-34-25(49)29(19(43)12(5-38)62-34)67-31-15(35-9(2)39)20(44)26(13(63-31)6-57-68(51,52)53)64-33-24(48)22(46)18(42)11(4-37)61-33/h8,11-34,37-38,41-50H,4-7H2,1-3H3,(H,35,39)(H,36,40)(H,51,52,53)(H,54,55,56)/t8-,11+,12+,13+,14+,15+,16+,17+,18-,19-,20+,21+,22-,23-,24+,25+,26+,27+,28+,29-,30?,31-,32-,33-,34-/m0/s1. The van der Waals surface area contributed by atoms with Crippen LogP contribution >= 0.6 is 0 Å². The molecule has 0 saturated carbocycles. The summed E-state index contributed by atoms with van der Waals surface area (Å²) in [5.74, 6) is -1.83. The van der Waals surface area contributed by atoms with Crippen molar-refractivity contribution in [1.82, 2.24) is 10.6 Å². The number of carbonyl (C=O) groups is 2. The van der Waals surface area contributed by atoms with Crippen LogP contribution in [0, 0.1) is 0 Å². The molecule has 33 nitrogen and oxygen atoms in total. The normalized spacial score (nSPS) is 45.7. The van der Waals surface area contributed by atoms with Crippen LogP contribution in [0.2, 0.25) is 0 Å². The molecular formula is C34H58N2O31S2. The highest BCUT2D eigenvalue weighted by molar-refractivity contribution is 7.81. The third-order valence-corrected chi connectivity index (χ3v) is 12.4. The molecule has 0 aliphatic carbocycles. The van der Waals surface area contributed by atoms with Gasteiger partial charge in [-0.05, 0) is 6.92 Å². The second kappa shape index (κ2) is 23.8. The second-order valence-corrected chi connectivity index (χ2v) is 18.6. The molecule has 5 rings (SSSR count). The fourth-order valence-electron chi connectivity index (χ4n) is 8.05. The quantitative estimate of drug-likeness (QED) is 0.0567. The Morgan fingerprint density at radius 3 is 1.41 bits per heavy atom. The van der Waals surface area contributed by atoms with Gasteiger partial charge >= 0.3 is 20.8 Å². The summed E-state index contributed by atoms with van der Waals surface area (Å²) in [5, 5.41) is 133. The molecule has 5 aliphatic heterocycles. The summed E-state index contributed by atoms with van der Waals surface area (Å²) in [4.78, 5) is 24.9. The van der Waals surface area contributed by atoms with Crippen molar-refractivity contribution in [3.05, 3.63) is 0 Å². The molecule has 2 amide bonds. The van der Waals surface area contributed by atoms with Crippen molar-refractivity contribution in [1.29, 1.82) is 0 Å². The molecule has 0 aromatic heterocycles. The molecule has 25 atom stereocenters. The van der Waals surface area contributed by atoms with E-state index in [9.17, 15) is 96.8 Å². The highest BCUT2D eigenvalue weighted by atomic mass is 32.3. The lowest BCUT2D eigenvalue weighted by molar-refractivity contribution is -0.385. The lowest BCUT2D eigenvalue weighted by Crippen LogP contribution is -2.70. The lowest BCUT2D eigenvalue weighted by atomic mass is 9.94. The van der Waals surface area contributed by atoms with Gasteiger partial charge in [-0.2, -0.15) is 16.8 Å². The van der Waals surface area contributed by atoms with Gasteiger partial charge < -0.3 is 115 Å². The van der Waals surface area contributed by atoms with Crippen molar-refractivity contribution in [3.63, 3.8) is 0 Å². The predicted octanol–water partition coefficient (Wildman–Crippen LogP) is -11.0. The van der Waals surface area contributed by atoms with Crippen LogP contribution in [0.3, 0.4) is 0 Å². The van der Waals surface area contributed by atoms with E-state index in [0.717, 1.165) is 13.8 Å². The van der Waals surface area contributed by atoms with Gasteiger partial charge in [0.1, 0.15) is 116 Å². The van der Waals surface area contributed by atoms with Crippen molar-refractivity contribution in [2.75, 3.05) is 26.4 Å². The van der Waals surface area contributed by atoms with E-state index in [4.69, 9.17) is 42.6 Å². The number of carbonyl (C=O) groups excluding carboxylic acids is 2. The van der Waals surface area contributed by atoms with E-state index in [1.165, 1.54) is 6.92 Å². The molecule has 5 aliphatic rings. The Morgan fingerprint density at radius 2 is 0.884 bits per heavy atom. The highest BCUT2D eigenvalue weighted by Gasteiger charge is 2.57. The first-order chi connectivity index (χ1) is 32.1. The van der Waals surface area contributed by atoms with Crippen molar-refractivity contribution >= 4 is 32.6 Å². The average molecular weight is 1050 g/mol. The van der Waals surface area contributed by atoms with Gasteiger partial charge in [-0.1, -0.05) is 0 Å². The van der Waals surface area contributed by atoms with E-state index in [1.807, 2.05) is 0 Å². The smallest absolute Gasteiger partial charge is 0.394 e. The summed E-state index contributed by atoms with van der Waals surface area (Å²) in [5.41, 5.74) is 0. The number of aliphatic hydroxyl groups excluding tert-OH is 12. The molecule has 35 heteroatoms. The Balaban J connectivity index is 1.51. The van der Waals surface area contributed by atoms with Crippen molar-refractivity contribution < 1.29 is 148 Å². The summed E-state index contributed by atoms with van der Waals surface area (Å²) in [6.45, 7) is -1.50. The topological polar surface area (TPSA) is 511 Å². The molecule has 0 aromatic rings. The molecule has 402 valence electrons. The van der Waals surface area contributed by atoms with Gasteiger partial charge in [0.2, 0.25) is 11.8 Å². The molecule has 5 fully saturated rings. The monoisotopic (exact) mass is 1050 g/mol. The van der Waals surface area contributed by atoms with Crippen LogP contribution < -0.4 is 10.6 Å². The van der Waals surface area contributed by atoms with Crippen LogP contribution in [-0.2, 0) is 81.4 Å². The first-order valence-corrected chi connectivity index (χ1v) is 23.5. The maximum absolute atomic E-state index is 12.5. The third-order valence-electron chi connectivity index (χ3n) is 11.5. The number of amides is 2. The first-order valence-electron chi connectivity index (χ1n) is 20.8. The zero-order chi connectivity index (χ0) is 51.6. The first kappa shape index (κ1) is 57.7. The number of aliphatic hydroxyl groups is 12. The van der Waals surface area contributed by atoms with Gasteiger partial charge in [-0.15, -0.1) is 0 Å². The minimum absolute atomic E-state index is 0.882. The molecular weight excluding hydrogens is 996 g/mol. The number of rotatable bonds is 18. The largest absolute Gasteiger partial charge is 0.397 e. The van der Waals surface area contributed by atoms with Crippen LogP contribution in [-0.4, -0.2) is 279 Å². The van der Waals surface area contributed by atoms with Crippen molar-refractivity contribution in [2.45, 2.75) is 174 Å². The molecule has 0 spiro atoms. The van der Waals surface area contributed by atoms with E-state index < -0.39 is 212 Å². The number of hydrogen-bond donors (Lipinski definition) is 16. The average Bonchev–Trinajstić information content (AvgIpc) is 3.26. The number of nitrogens with one attached hydrogen (secondary N) is 2. The van der Waals surface area contributed by atoms with Crippen LogP contribution in [0.5, 0.6) is 0 Å². The van der Waals surface area contributed by atoms with Crippen molar-refractivity contribution in [2.24, 2.45) is 0 Å². The predicted molar refractivity (Wildman–Crippen MR) is 209 cm³/mol. The van der Waals surface area contributed by atoms with Gasteiger partial charge in [0.25, 0.3) is 0 Å². The minimum atomic E-state index is -5.34. The second-order valence-electron chi connectivity index (χ2n) is 16.5. The van der Waals surface area contributed by atoms with E-state index >= 15 is 0 Å². The maximum atomic E-state index is 12.5. The van der Waals surface area contributed by atoms with Gasteiger partial charge in [-0.25, -0.2) is 8.37 Å². The number of ether oxygens (including phenoxy) is 9. The fourth-order valence-corrected chi connectivity index (χ4v) is 8.67. The van der Waals surface area contributed by atoms with Crippen LogP contribution in [0.1, 0.15) is 20.8 Å². The lowest BCUT2D eigenvalue weighted by Gasteiger charge is -2.51. The third kappa shape index (κ3) is 14.1. The van der Waals surface area contributed by atoms with Gasteiger partial charge in [-0.3, -0.25) is 18.7 Å². The molecule has 0 bridgehead atoms.